The molecule has 7 rings (SSSR count). The fourth-order valence-corrected chi connectivity index (χ4v) is 6.12. The Morgan fingerprint density at radius 3 is 1.55 bits per heavy atom. The fraction of sp³-hybridized carbons (Fsp3) is 0.0270. The Morgan fingerprint density at radius 2 is 0.868 bits per heavy atom. The van der Waals surface area contributed by atoms with Gasteiger partial charge in [0.05, 0.1) is 5.41 Å². The Labute approximate surface area is 224 Å². The molecule has 6 aromatic rings. The predicted molar refractivity (Wildman–Crippen MR) is 159 cm³/mol. The SMILES string of the molecule is c1ccc(-c2cccc(Nc3cccc(C4(c5ccccc5)c5ccccc5-c5ccccc54)c3)c2)cc1. The van der Waals surface area contributed by atoms with Gasteiger partial charge in [-0.2, -0.15) is 0 Å². The van der Waals surface area contributed by atoms with Crippen LogP contribution in [0.25, 0.3) is 22.3 Å². The van der Waals surface area contributed by atoms with Crippen molar-refractivity contribution in [3.05, 3.63) is 180 Å². The topological polar surface area (TPSA) is 12.0 Å². The Kier molecular flexibility index (Phi) is 5.41. The molecule has 0 bridgehead atoms. The van der Waals surface area contributed by atoms with Crippen molar-refractivity contribution in [1.82, 2.24) is 0 Å². The molecular formula is C37H27N. The fourth-order valence-electron chi connectivity index (χ4n) is 6.12. The second kappa shape index (κ2) is 9.21. The van der Waals surface area contributed by atoms with E-state index >= 15 is 0 Å². The van der Waals surface area contributed by atoms with Crippen molar-refractivity contribution in [3.63, 3.8) is 0 Å². The van der Waals surface area contributed by atoms with Gasteiger partial charge < -0.3 is 5.32 Å². The lowest BCUT2D eigenvalue weighted by Crippen LogP contribution is -2.28. The highest BCUT2D eigenvalue weighted by Gasteiger charge is 2.45. The molecule has 180 valence electrons. The summed E-state index contributed by atoms with van der Waals surface area (Å²) in [6.07, 6.45) is 0. The van der Waals surface area contributed by atoms with Crippen molar-refractivity contribution >= 4 is 11.4 Å². The van der Waals surface area contributed by atoms with Crippen molar-refractivity contribution < 1.29 is 0 Å². The van der Waals surface area contributed by atoms with Gasteiger partial charge in [-0.1, -0.05) is 133 Å². The minimum Gasteiger partial charge on any atom is -0.356 e. The zero-order chi connectivity index (χ0) is 25.4. The summed E-state index contributed by atoms with van der Waals surface area (Å²) in [5, 5.41) is 3.69. The summed E-state index contributed by atoms with van der Waals surface area (Å²) < 4.78 is 0. The van der Waals surface area contributed by atoms with E-state index in [1.165, 1.54) is 44.5 Å². The van der Waals surface area contributed by atoms with Crippen LogP contribution in [0.3, 0.4) is 0 Å². The minimum absolute atomic E-state index is 0.391. The highest BCUT2D eigenvalue weighted by Crippen LogP contribution is 2.56. The zero-order valence-electron chi connectivity index (χ0n) is 21.0. The molecular weight excluding hydrogens is 458 g/mol. The van der Waals surface area contributed by atoms with Crippen LogP contribution in [-0.2, 0) is 5.41 Å². The summed E-state index contributed by atoms with van der Waals surface area (Å²) in [7, 11) is 0. The third-order valence-electron chi connectivity index (χ3n) is 7.71. The third kappa shape index (κ3) is 3.55. The third-order valence-corrected chi connectivity index (χ3v) is 7.71. The number of fused-ring (bicyclic) bond motifs is 3. The first-order valence-corrected chi connectivity index (χ1v) is 13.1. The molecule has 0 atom stereocenters. The summed E-state index contributed by atoms with van der Waals surface area (Å²) in [5.74, 6) is 0. The average molecular weight is 486 g/mol. The van der Waals surface area contributed by atoms with Gasteiger partial charge >= 0.3 is 0 Å². The van der Waals surface area contributed by atoms with Gasteiger partial charge in [-0.05, 0) is 68.8 Å². The normalized spacial score (nSPS) is 12.9. The number of hydrogen-bond donors (Lipinski definition) is 1. The van der Waals surface area contributed by atoms with E-state index in [9.17, 15) is 0 Å². The minimum atomic E-state index is -0.391. The standard InChI is InChI=1S/C37H27N/c1-3-13-27(14-4-1)28-15-11-19-31(25-28)38-32-20-12-18-30(26-32)37(29-16-5-2-6-17-29)35-23-9-7-21-33(35)34-22-8-10-24-36(34)37/h1-26,38H. The van der Waals surface area contributed by atoms with Crippen molar-refractivity contribution in [3.8, 4) is 22.3 Å². The number of hydrogen-bond acceptors (Lipinski definition) is 1. The van der Waals surface area contributed by atoms with Gasteiger partial charge in [0.1, 0.15) is 0 Å². The van der Waals surface area contributed by atoms with Crippen LogP contribution in [0.2, 0.25) is 0 Å². The van der Waals surface area contributed by atoms with Gasteiger partial charge in [0.2, 0.25) is 0 Å². The molecule has 6 aromatic carbocycles. The maximum Gasteiger partial charge on any atom is 0.0714 e. The lowest BCUT2D eigenvalue weighted by molar-refractivity contribution is 0.769. The van der Waals surface area contributed by atoms with Crippen molar-refractivity contribution in [2.75, 3.05) is 5.32 Å². The van der Waals surface area contributed by atoms with Crippen LogP contribution in [0.5, 0.6) is 0 Å². The Balaban J connectivity index is 1.38. The van der Waals surface area contributed by atoms with Gasteiger partial charge in [-0.15, -0.1) is 0 Å². The molecule has 1 heteroatoms. The van der Waals surface area contributed by atoms with E-state index in [4.69, 9.17) is 0 Å². The van der Waals surface area contributed by atoms with E-state index in [-0.39, 0.29) is 0 Å². The van der Waals surface area contributed by atoms with Crippen LogP contribution in [0.4, 0.5) is 11.4 Å². The molecule has 38 heavy (non-hydrogen) atoms. The molecule has 0 unspecified atom stereocenters. The molecule has 1 nitrogen and oxygen atoms in total. The van der Waals surface area contributed by atoms with Gasteiger partial charge in [-0.25, -0.2) is 0 Å². The highest BCUT2D eigenvalue weighted by molar-refractivity contribution is 5.86. The van der Waals surface area contributed by atoms with E-state index in [0.29, 0.717) is 0 Å². The number of benzene rings is 6. The van der Waals surface area contributed by atoms with Gasteiger partial charge in [-0.3, -0.25) is 0 Å². The summed E-state index contributed by atoms with van der Waals surface area (Å²) in [4.78, 5) is 0. The van der Waals surface area contributed by atoms with Crippen LogP contribution in [0, 0.1) is 0 Å². The molecule has 1 aliphatic rings. The summed E-state index contributed by atoms with van der Waals surface area (Å²) in [6.45, 7) is 0. The Hall–Kier alpha value is -4.88. The summed E-state index contributed by atoms with van der Waals surface area (Å²) in [6, 6.07) is 56.7. The summed E-state index contributed by atoms with van der Waals surface area (Å²) in [5.41, 5.74) is 12.0. The largest absolute Gasteiger partial charge is 0.356 e. The molecule has 0 amide bonds. The number of nitrogens with one attached hydrogen (secondary N) is 1. The maximum atomic E-state index is 3.69. The lowest BCUT2D eigenvalue weighted by atomic mass is 9.67. The van der Waals surface area contributed by atoms with Crippen LogP contribution in [-0.4, -0.2) is 0 Å². The van der Waals surface area contributed by atoms with E-state index < -0.39 is 5.41 Å². The molecule has 0 heterocycles. The van der Waals surface area contributed by atoms with Crippen LogP contribution >= 0.6 is 0 Å². The molecule has 0 saturated heterocycles. The van der Waals surface area contributed by atoms with Crippen LogP contribution < -0.4 is 5.32 Å². The first-order valence-electron chi connectivity index (χ1n) is 13.1. The second-order valence-electron chi connectivity index (χ2n) is 9.86. The molecule has 0 aromatic heterocycles. The van der Waals surface area contributed by atoms with E-state index in [2.05, 4.69) is 163 Å². The van der Waals surface area contributed by atoms with Gasteiger partial charge in [0.15, 0.2) is 0 Å². The summed E-state index contributed by atoms with van der Waals surface area (Å²) >= 11 is 0. The molecule has 0 fully saturated rings. The zero-order valence-corrected chi connectivity index (χ0v) is 21.0. The highest BCUT2D eigenvalue weighted by atomic mass is 14.9. The van der Waals surface area contributed by atoms with E-state index in [0.717, 1.165) is 11.4 Å². The first-order chi connectivity index (χ1) is 18.8. The average Bonchev–Trinajstić information content (AvgIpc) is 3.30. The van der Waals surface area contributed by atoms with E-state index in [1.54, 1.807) is 0 Å². The predicted octanol–water partition coefficient (Wildman–Crippen LogP) is 9.46. The molecule has 0 spiro atoms. The van der Waals surface area contributed by atoms with Gasteiger partial charge in [0, 0.05) is 11.4 Å². The van der Waals surface area contributed by atoms with Crippen molar-refractivity contribution in [2.45, 2.75) is 5.41 Å². The Morgan fingerprint density at radius 1 is 0.368 bits per heavy atom. The first kappa shape index (κ1) is 22.3. The van der Waals surface area contributed by atoms with Crippen LogP contribution in [0.1, 0.15) is 22.3 Å². The Bertz CT molecular complexity index is 1690. The molecule has 1 N–H and O–H groups in total. The lowest BCUT2D eigenvalue weighted by Gasteiger charge is -2.34. The van der Waals surface area contributed by atoms with Crippen molar-refractivity contribution in [2.24, 2.45) is 0 Å². The molecule has 0 aliphatic heterocycles. The molecule has 1 aliphatic carbocycles. The number of rotatable bonds is 5. The number of anilines is 2. The van der Waals surface area contributed by atoms with Crippen LogP contribution in [0.15, 0.2) is 158 Å². The quantitative estimate of drug-likeness (QED) is 0.256. The van der Waals surface area contributed by atoms with Crippen molar-refractivity contribution in [1.29, 1.82) is 0 Å². The van der Waals surface area contributed by atoms with Gasteiger partial charge in [0.25, 0.3) is 0 Å². The second-order valence-corrected chi connectivity index (χ2v) is 9.86. The molecule has 0 saturated carbocycles. The monoisotopic (exact) mass is 485 g/mol. The maximum absolute atomic E-state index is 3.69. The smallest absolute Gasteiger partial charge is 0.0714 e. The molecule has 0 radical (unpaired) electrons. The van der Waals surface area contributed by atoms with E-state index in [1.807, 2.05) is 0 Å².